The van der Waals surface area contributed by atoms with Crippen molar-refractivity contribution in [3.05, 3.63) is 41.2 Å². The summed E-state index contributed by atoms with van der Waals surface area (Å²) in [5.41, 5.74) is 3.38. The molecule has 8 heteroatoms. The zero-order valence-corrected chi connectivity index (χ0v) is 20.2. The molecule has 2 aromatic rings. The first-order valence-electron chi connectivity index (χ1n) is 9.75. The predicted molar refractivity (Wildman–Crippen MR) is 127 cm³/mol. The number of nitrogens with one attached hydrogen (secondary N) is 2. The average Bonchev–Trinajstić information content (AvgIpc) is 3.26. The van der Waals surface area contributed by atoms with Crippen molar-refractivity contribution >= 4 is 29.9 Å². The molecule has 1 aliphatic rings. The van der Waals surface area contributed by atoms with Gasteiger partial charge in [0.1, 0.15) is 0 Å². The third kappa shape index (κ3) is 6.01. The summed E-state index contributed by atoms with van der Waals surface area (Å²) in [7, 11) is 1.80. The van der Waals surface area contributed by atoms with Gasteiger partial charge >= 0.3 is 0 Å². The highest BCUT2D eigenvalue weighted by Crippen LogP contribution is 2.36. The van der Waals surface area contributed by atoms with Crippen molar-refractivity contribution < 1.29 is 9.47 Å². The van der Waals surface area contributed by atoms with E-state index in [1.54, 1.807) is 7.05 Å². The van der Waals surface area contributed by atoms with Crippen molar-refractivity contribution in [2.75, 3.05) is 26.9 Å². The standard InChI is InChI=1S/C21H31N5O2.HI/c1-15-11-16(2)26(25-15)10-6-9-23-20(22-5)24-13-21(3,4)17-7-8-18-19(12-17)28-14-27-18;/h7-8,11-12H,6,9-10,13-14H2,1-5H3,(H2,22,23,24);1H. The predicted octanol–water partition coefficient (Wildman–Crippen LogP) is 3.38. The number of hydrogen-bond donors (Lipinski definition) is 2. The molecule has 160 valence electrons. The van der Waals surface area contributed by atoms with Gasteiger partial charge in [0.2, 0.25) is 6.79 Å². The summed E-state index contributed by atoms with van der Waals surface area (Å²) in [5.74, 6) is 2.44. The molecule has 0 saturated heterocycles. The number of rotatable bonds is 7. The molecular formula is C21H32IN5O2. The molecule has 29 heavy (non-hydrogen) atoms. The molecular weight excluding hydrogens is 481 g/mol. The fourth-order valence-corrected chi connectivity index (χ4v) is 3.28. The van der Waals surface area contributed by atoms with Crippen molar-refractivity contribution in [3.8, 4) is 11.5 Å². The highest BCUT2D eigenvalue weighted by molar-refractivity contribution is 14.0. The van der Waals surface area contributed by atoms with Crippen LogP contribution in [0.15, 0.2) is 29.3 Å². The maximum absolute atomic E-state index is 5.51. The van der Waals surface area contributed by atoms with Crippen molar-refractivity contribution in [3.63, 3.8) is 0 Å². The number of ether oxygens (including phenoxy) is 2. The quantitative estimate of drug-likeness (QED) is 0.257. The van der Waals surface area contributed by atoms with E-state index in [1.165, 1.54) is 11.3 Å². The van der Waals surface area contributed by atoms with E-state index in [-0.39, 0.29) is 29.4 Å². The number of halogens is 1. The molecule has 0 amide bonds. The molecule has 0 atom stereocenters. The van der Waals surface area contributed by atoms with Gasteiger partial charge < -0.3 is 20.1 Å². The Morgan fingerprint density at radius 3 is 2.62 bits per heavy atom. The van der Waals surface area contributed by atoms with Gasteiger partial charge in [-0.1, -0.05) is 19.9 Å². The summed E-state index contributed by atoms with van der Waals surface area (Å²) in [5, 5.41) is 11.3. The number of aromatic nitrogens is 2. The molecule has 3 rings (SSSR count). The molecule has 1 aliphatic heterocycles. The van der Waals surface area contributed by atoms with Crippen LogP contribution in [0.5, 0.6) is 11.5 Å². The van der Waals surface area contributed by atoms with Crippen LogP contribution >= 0.6 is 24.0 Å². The van der Waals surface area contributed by atoms with Gasteiger partial charge in [-0.05, 0) is 44.0 Å². The Hall–Kier alpha value is -1.97. The minimum Gasteiger partial charge on any atom is -0.454 e. The summed E-state index contributed by atoms with van der Waals surface area (Å²) in [6.07, 6.45) is 0.980. The van der Waals surface area contributed by atoms with E-state index >= 15 is 0 Å². The van der Waals surface area contributed by atoms with Gasteiger partial charge in [-0.15, -0.1) is 24.0 Å². The smallest absolute Gasteiger partial charge is 0.231 e. The monoisotopic (exact) mass is 513 g/mol. The SMILES string of the molecule is CN=C(NCCCn1nc(C)cc1C)NCC(C)(C)c1ccc2c(c1)OCO2.I. The van der Waals surface area contributed by atoms with Gasteiger partial charge in [-0.25, -0.2) is 0 Å². The molecule has 0 spiro atoms. The first-order chi connectivity index (χ1) is 13.4. The lowest BCUT2D eigenvalue weighted by Crippen LogP contribution is -2.43. The number of benzene rings is 1. The van der Waals surface area contributed by atoms with E-state index in [0.29, 0.717) is 6.79 Å². The second-order valence-corrected chi connectivity index (χ2v) is 7.81. The molecule has 2 N–H and O–H groups in total. The van der Waals surface area contributed by atoms with Crippen LogP contribution in [0.2, 0.25) is 0 Å². The van der Waals surface area contributed by atoms with Crippen LogP contribution < -0.4 is 20.1 Å². The highest BCUT2D eigenvalue weighted by Gasteiger charge is 2.24. The Labute approximate surface area is 190 Å². The summed E-state index contributed by atoms with van der Waals surface area (Å²) in [6.45, 7) is 11.3. The number of hydrogen-bond acceptors (Lipinski definition) is 4. The molecule has 1 aromatic carbocycles. The Kier molecular flexibility index (Phi) is 8.18. The molecule has 0 saturated carbocycles. The van der Waals surface area contributed by atoms with Gasteiger partial charge in [0, 0.05) is 37.8 Å². The Morgan fingerprint density at radius 1 is 1.17 bits per heavy atom. The lowest BCUT2D eigenvalue weighted by molar-refractivity contribution is 0.174. The summed E-state index contributed by atoms with van der Waals surface area (Å²) < 4.78 is 13.0. The lowest BCUT2D eigenvalue weighted by atomic mass is 9.84. The van der Waals surface area contributed by atoms with Gasteiger partial charge in [0.05, 0.1) is 5.69 Å². The topological polar surface area (TPSA) is 72.7 Å². The largest absolute Gasteiger partial charge is 0.454 e. The van der Waals surface area contributed by atoms with E-state index in [1.807, 2.05) is 13.0 Å². The van der Waals surface area contributed by atoms with E-state index < -0.39 is 0 Å². The molecule has 0 aliphatic carbocycles. The fourth-order valence-electron chi connectivity index (χ4n) is 3.28. The van der Waals surface area contributed by atoms with Crippen molar-refractivity contribution in [1.82, 2.24) is 20.4 Å². The van der Waals surface area contributed by atoms with Crippen LogP contribution in [0, 0.1) is 13.8 Å². The first-order valence-corrected chi connectivity index (χ1v) is 9.75. The van der Waals surface area contributed by atoms with E-state index in [0.717, 1.165) is 49.2 Å². The number of guanidine groups is 1. The molecule has 1 aromatic heterocycles. The van der Waals surface area contributed by atoms with Crippen LogP contribution in [-0.4, -0.2) is 42.7 Å². The Balaban J connectivity index is 0.00000300. The molecule has 0 unspecified atom stereocenters. The summed E-state index contributed by atoms with van der Waals surface area (Å²) >= 11 is 0. The number of aryl methyl sites for hydroxylation is 3. The summed E-state index contributed by atoms with van der Waals surface area (Å²) in [4.78, 5) is 4.34. The van der Waals surface area contributed by atoms with E-state index in [4.69, 9.17) is 9.47 Å². The van der Waals surface area contributed by atoms with Crippen molar-refractivity contribution in [2.24, 2.45) is 4.99 Å². The maximum Gasteiger partial charge on any atom is 0.231 e. The van der Waals surface area contributed by atoms with E-state index in [9.17, 15) is 0 Å². The number of nitrogens with zero attached hydrogens (tertiary/aromatic N) is 3. The van der Waals surface area contributed by atoms with Crippen LogP contribution in [-0.2, 0) is 12.0 Å². The van der Waals surface area contributed by atoms with Gasteiger partial charge in [-0.2, -0.15) is 5.10 Å². The minimum atomic E-state index is -0.0811. The maximum atomic E-state index is 5.51. The Morgan fingerprint density at radius 2 is 1.93 bits per heavy atom. The molecule has 0 bridgehead atoms. The Bertz CT molecular complexity index is 848. The normalized spacial score (nSPS) is 13.2. The second kappa shape index (κ2) is 10.2. The zero-order valence-electron chi connectivity index (χ0n) is 17.9. The molecule has 2 heterocycles. The second-order valence-electron chi connectivity index (χ2n) is 7.81. The zero-order chi connectivity index (χ0) is 20.1. The molecule has 0 radical (unpaired) electrons. The van der Waals surface area contributed by atoms with Gasteiger partial charge in [0.15, 0.2) is 17.5 Å². The van der Waals surface area contributed by atoms with E-state index in [2.05, 4.69) is 64.4 Å². The number of aliphatic imine (C=N–C) groups is 1. The van der Waals surface area contributed by atoms with Gasteiger partial charge in [0.25, 0.3) is 0 Å². The third-order valence-electron chi connectivity index (χ3n) is 5.02. The lowest BCUT2D eigenvalue weighted by Gasteiger charge is -2.27. The third-order valence-corrected chi connectivity index (χ3v) is 5.02. The van der Waals surface area contributed by atoms with Crippen molar-refractivity contribution in [1.29, 1.82) is 0 Å². The van der Waals surface area contributed by atoms with Crippen molar-refractivity contribution in [2.45, 2.75) is 46.1 Å². The average molecular weight is 513 g/mol. The molecule has 7 nitrogen and oxygen atoms in total. The summed E-state index contributed by atoms with van der Waals surface area (Å²) in [6, 6.07) is 8.24. The van der Waals surface area contributed by atoms with Crippen LogP contribution in [0.1, 0.15) is 37.2 Å². The molecule has 0 fully saturated rings. The first kappa shape index (κ1) is 23.3. The number of fused-ring (bicyclic) bond motifs is 1. The fraction of sp³-hybridized carbons (Fsp3) is 0.524. The highest BCUT2D eigenvalue weighted by atomic mass is 127. The minimum absolute atomic E-state index is 0. The van der Waals surface area contributed by atoms with Gasteiger partial charge in [-0.3, -0.25) is 9.67 Å². The van der Waals surface area contributed by atoms with Crippen LogP contribution in [0.25, 0.3) is 0 Å². The van der Waals surface area contributed by atoms with Crippen LogP contribution in [0.3, 0.4) is 0 Å². The van der Waals surface area contributed by atoms with Crippen LogP contribution in [0.4, 0.5) is 0 Å².